The van der Waals surface area contributed by atoms with Crippen molar-refractivity contribution >= 4 is 23.4 Å². The van der Waals surface area contributed by atoms with Gasteiger partial charge in [-0.2, -0.15) is 0 Å². The van der Waals surface area contributed by atoms with Crippen molar-refractivity contribution in [2.45, 2.75) is 32.9 Å². The predicted octanol–water partition coefficient (Wildman–Crippen LogP) is 5.90. The number of hydrogen-bond acceptors (Lipinski definition) is 4. The molecule has 0 aliphatic carbocycles. The molecule has 0 atom stereocenters. The molecule has 4 rings (SSSR count). The van der Waals surface area contributed by atoms with Crippen LogP contribution in [-0.2, 0) is 4.79 Å². The number of anilines is 1. The Morgan fingerprint density at radius 3 is 2.28 bits per heavy atom. The Kier molecular flexibility index (Phi) is 6.42. The second-order valence-corrected chi connectivity index (χ2v) is 8.90. The summed E-state index contributed by atoms with van der Waals surface area (Å²) in [5, 5.41) is 12.6. The third-order valence-corrected chi connectivity index (χ3v) is 6.13. The minimum absolute atomic E-state index is 0.0647. The molecule has 1 heterocycles. The minimum Gasteiger partial charge on any atom is -0.325 e. The first-order chi connectivity index (χ1) is 15.4. The molecule has 0 saturated carbocycles. The number of nitrogens with one attached hydrogen (secondary N) is 1. The number of thioether (sulfide) groups is 1. The van der Waals surface area contributed by atoms with Crippen molar-refractivity contribution in [1.29, 1.82) is 0 Å². The highest BCUT2D eigenvalue weighted by Gasteiger charge is 2.18. The van der Waals surface area contributed by atoms with Crippen LogP contribution >= 0.6 is 11.8 Å². The molecule has 0 unspecified atom stereocenters. The molecule has 6 heteroatoms. The van der Waals surface area contributed by atoms with E-state index in [0.717, 1.165) is 39.5 Å². The standard InChI is InChI=1S/C26H26N4OS/c1-17-9-8-12-22(15-17)30-25(21-10-6-5-7-11-21)28-29-26(30)32-16-23(31)27-24-19(3)13-18(2)14-20(24)4/h5-15H,16H2,1-4H3,(H,27,31). The fourth-order valence-corrected chi connectivity index (χ4v) is 4.57. The van der Waals surface area contributed by atoms with Gasteiger partial charge in [0.25, 0.3) is 0 Å². The Morgan fingerprint density at radius 2 is 1.59 bits per heavy atom. The van der Waals surface area contributed by atoms with E-state index in [0.29, 0.717) is 5.16 Å². The van der Waals surface area contributed by atoms with E-state index in [4.69, 9.17) is 0 Å². The van der Waals surface area contributed by atoms with Crippen molar-refractivity contribution in [2.24, 2.45) is 0 Å². The molecule has 0 aliphatic rings. The number of carbonyl (C=O) groups is 1. The lowest BCUT2D eigenvalue weighted by Crippen LogP contribution is -2.16. The molecule has 0 saturated heterocycles. The Hall–Kier alpha value is -3.38. The van der Waals surface area contributed by atoms with Gasteiger partial charge >= 0.3 is 0 Å². The van der Waals surface area contributed by atoms with Crippen LogP contribution in [-0.4, -0.2) is 26.4 Å². The van der Waals surface area contributed by atoms with Gasteiger partial charge in [0.2, 0.25) is 5.91 Å². The number of hydrogen-bond donors (Lipinski definition) is 1. The van der Waals surface area contributed by atoms with Gasteiger partial charge in [-0.3, -0.25) is 9.36 Å². The molecule has 0 radical (unpaired) electrons. The van der Waals surface area contributed by atoms with Crippen molar-refractivity contribution in [3.63, 3.8) is 0 Å². The number of carbonyl (C=O) groups excluding carboxylic acids is 1. The van der Waals surface area contributed by atoms with Crippen molar-refractivity contribution < 1.29 is 4.79 Å². The van der Waals surface area contributed by atoms with Crippen LogP contribution in [0.5, 0.6) is 0 Å². The predicted molar refractivity (Wildman–Crippen MR) is 132 cm³/mol. The van der Waals surface area contributed by atoms with Gasteiger partial charge in [0, 0.05) is 16.9 Å². The molecular weight excluding hydrogens is 416 g/mol. The normalized spacial score (nSPS) is 10.9. The molecule has 0 aliphatic heterocycles. The van der Waals surface area contributed by atoms with E-state index in [2.05, 4.69) is 53.6 Å². The molecule has 4 aromatic rings. The highest BCUT2D eigenvalue weighted by Crippen LogP contribution is 2.29. The van der Waals surface area contributed by atoms with Crippen molar-refractivity contribution in [1.82, 2.24) is 14.8 Å². The van der Waals surface area contributed by atoms with E-state index in [9.17, 15) is 4.79 Å². The van der Waals surface area contributed by atoms with Gasteiger partial charge in [0.15, 0.2) is 11.0 Å². The van der Waals surface area contributed by atoms with E-state index in [1.807, 2.05) is 60.9 Å². The lowest BCUT2D eigenvalue weighted by Gasteiger charge is -2.13. The van der Waals surface area contributed by atoms with E-state index < -0.39 is 0 Å². The fraction of sp³-hybridized carbons (Fsp3) is 0.192. The maximum Gasteiger partial charge on any atom is 0.234 e. The molecule has 1 amide bonds. The zero-order valence-corrected chi connectivity index (χ0v) is 19.5. The number of nitrogens with zero attached hydrogens (tertiary/aromatic N) is 3. The molecule has 162 valence electrons. The average molecular weight is 443 g/mol. The molecular formula is C26H26N4OS. The van der Waals surface area contributed by atoms with Crippen LogP contribution in [0.1, 0.15) is 22.3 Å². The molecule has 1 N–H and O–H groups in total. The Morgan fingerprint density at radius 1 is 0.875 bits per heavy atom. The smallest absolute Gasteiger partial charge is 0.234 e. The first kappa shape index (κ1) is 21.8. The summed E-state index contributed by atoms with van der Waals surface area (Å²) in [4.78, 5) is 12.8. The maximum atomic E-state index is 12.8. The third-order valence-electron chi connectivity index (χ3n) is 5.20. The van der Waals surface area contributed by atoms with E-state index in [1.165, 1.54) is 17.3 Å². The van der Waals surface area contributed by atoms with E-state index >= 15 is 0 Å². The summed E-state index contributed by atoms with van der Waals surface area (Å²) in [6, 6.07) is 22.3. The third kappa shape index (κ3) is 4.75. The van der Waals surface area contributed by atoms with Crippen LogP contribution in [0.15, 0.2) is 71.9 Å². The Labute approximate surface area is 192 Å². The molecule has 0 fully saturated rings. The maximum absolute atomic E-state index is 12.8. The van der Waals surface area contributed by atoms with E-state index in [1.54, 1.807) is 0 Å². The zero-order chi connectivity index (χ0) is 22.7. The van der Waals surface area contributed by atoms with Gasteiger partial charge in [-0.15, -0.1) is 10.2 Å². The molecule has 0 bridgehead atoms. The summed E-state index contributed by atoms with van der Waals surface area (Å²) in [6.07, 6.45) is 0. The summed E-state index contributed by atoms with van der Waals surface area (Å²) in [7, 11) is 0. The minimum atomic E-state index is -0.0647. The quantitative estimate of drug-likeness (QED) is 0.378. The number of aryl methyl sites for hydroxylation is 4. The zero-order valence-electron chi connectivity index (χ0n) is 18.7. The molecule has 32 heavy (non-hydrogen) atoms. The first-order valence-corrected chi connectivity index (χ1v) is 11.5. The number of rotatable bonds is 6. The highest BCUT2D eigenvalue weighted by molar-refractivity contribution is 7.99. The van der Waals surface area contributed by atoms with Crippen LogP contribution < -0.4 is 5.32 Å². The summed E-state index contributed by atoms with van der Waals surface area (Å²) in [5.41, 5.74) is 7.30. The Balaban J connectivity index is 1.60. The van der Waals surface area contributed by atoms with Gasteiger partial charge in [-0.1, -0.05) is 71.9 Å². The number of benzene rings is 3. The number of amides is 1. The second kappa shape index (κ2) is 9.40. The summed E-state index contributed by atoms with van der Waals surface area (Å²) in [5.74, 6) is 0.931. The molecule has 1 aromatic heterocycles. The van der Waals surface area contributed by atoms with Gasteiger partial charge in [-0.05, 0) is 56.5 Å². The highest BCUT2D eigenvalue weighted by atomic mass is 32.2. The molecule has 0 spiro atoms. The van der Waals surface area contributed by atoms with E-state index in [-0.39, 0.29) is 11.7 Å². The van der Waals surface area contributed by atoms with Gasteiger partial charge < -0.3 is 5.32 Å². The van der Waals surface area contributed by atoms with Crippen molar-refractivity contribution in [3.8, 4) is 17.1 Å². The van der Waals surface area contributed by atoms with Crippen LogP contribution in [0.2, 0.25) is 0 Å². The lowest BCUT2D eigenvalue weighted by molar-refractivity contribution is -0.113. The summed E-state index contributed by atoms with van der Waals surface area (Å²) < 4.78 is 2.02. The fourth-order valence-electron chi connectivity index (χ4n) is 3.82. The number of aromatic nitrogens is 3. The summed E-state index contributed by atoms with van der Waals surface area (Å²) >= 11 is 1.38. The topological polar surface area (TPSA) is 59.8 Å². The largest absolute Gasteiger partial charge is 0.325 e. The van der Waals surface area contributed by atoms with Gasteiger partial charge in [-0.25, -0.2) is 0 Å². The van der Waals surface area contributed by atoms with Crippen LogP contribution in [0.4, 0.5) is 5.69 Å². The molecule has 3 aromatic carbocycles. The monoisotopic (exact) mass is 442 g/mol. The van der Waals surface area contributed by atoms with Crippen molar-refractivity contribution in [2.75, 3.05) is 11.1 Å². The molecule has 5 nitrogen and oxygen atoms in total. The Bertz CT molecular complexity index is 1240. The van der Waals surface area contributed by atoms with Crippen LogP contribution in [0.25, 0.3) is 17.1 Å². The van der Waals surface area contributed by atoms with Gasteiger partial charge in [0.05, 0.1) is 5.75 Å². The lowest BCUT2D eigenvalue weighted by atomic mass is 10.1. The summed E-state index contributed by atoms with van der Waals surface area (Å²) in [6.45, 7) is 8.15. The van der Waals surface area contributed by atoms with Crippen LogP contribution in [0.3, 0.4) is 0 Å². The first-order valence-electron chi connectivity index (χ1n) is 10.5. The van der Waals surface area contributed by atoms with Gasteiger partial charge in [0.1, 0.15) is 0 Å². The SMILES string of the molecule is Cc1cccc(-n2c(SCC(=O)Nc3c(C)cc(C)cc3C)nnc2-c2ccccc2)c1. The van der Waals surface area contributed by atoms with Crippen molar-refractivity contribution in [3.05, 3.63) is 89.0 Å². The van der Waals surface area contributed by atoms with Crippen LogP contribution in [0, 0.1) is 27.7 Å². The average Bonchev–Trinajstić information content (AvgIpc) is 3.19. The second-order valence-electron chi connectivity index (χ2n) is 7.96.